The summed E-state index contributed by atoms with van der Waals surface area (Å²) < 4.78 is 4.73. The molecule has 0 amide bonds. The van der Waals surface area contributed by atoms with Crippen molar-refractivity contribution in [2.24, 2.45) is 5.92 Å². The second-order valence-corrected chi connectivity index (χ2v) is 2.79. The van der Waals surface area contributed by atoms with E-state index in [1.54, 1.807) is 12.1 Å². The van der Waals surface area contributed by atoms with Crippen molar-refractivity contribution < 1.29 is 9.53 Å². The molecule has 68 valence electrons. The molecule has 0 aliphatic heterocycles. The Bertz CT molecular complexity index is 292. The Kier molecular flexibility index (Phi) is 4.99. The fourth-order valence-electron chi connectivity index (χ4n) is 0.521. The smallest absolute Gasteiger partial charge is 0.349 e. The maximum absolute atomic E-state index is 11.0. The van der Waals surface area contributed by atoms with Crippen molar-refractivity contribution in [3.05, 3.63) is 11.6 Å². The molecule has 0 atom stereocenters. The molecule has 0 aromatic carbocycles. The molecule has 13 heavy (non-hydrogen) atoms. The maximum Gasteiger partial charge on any atom is 0.349 e. The zero-order valence-corrected chi connectivity index (χ0v) is 7.57. The summed E-state index contributed by atoms with van der Waals surface area (Å²) in [7, 11) is 0. The molecule has 4 heteroatoms. The lowest BCUT2D eigenvalue weighted by atomic mass is 10.2. The van der Waals surface area contributed by atoms with Gasteiger partial charge < -0.3 is 4.74 Å². The van der Waals surface area contributed by atoms with E-state index in [2.05, 4.69) is 0 Å². The minimum absolute atomic E-state index is 0.214. The first-order valence-electron chi connectivity index (χ1n) is 3.78. The molecule has 0 heterocycles. The van der Waals surface area contributed by atoms with Crippen LogP contribution in [0.3, 0.4) is 0 Å². The number of nitrogens with zero attached hydrogens (tertiary/aromatic N) is 2. The summed E-state index contributed by atoms with van der Waals surface area (Å²) in [5, 5.41) is 16.6. The Morgan fingerprint density at radius 3 is 2.54 bits per heavy atom. The number of allylic oxidation sites excluding steroid dienone is 1. The first kappa shape index (κ1) is 11.2. The van der Waals surface area contributed by atoms with E-state index >= 15 is 0 Å². The molecule has 0 aromatic heterocycles. The van der Waals surface area contributed by atoms with Crippen LogP contribution in [0.4, 0.5) is 0 Å². The predicted octanol–water partition coefficient (Wildman–Crippen LogP) is 1.16. The number of nitriles is 2. The van der Waals surface area contributed by atoms with Gasteiger partial charge in [0, 0.05) is 6.08 Å². The van der Waals surface area contributed by atoms with Crippen molar-refractivity contribution in [1.82, 2.24) is 0 Å². The molecule has 4 nitrogen and oxygen atoms in total. The zero-order valence-electron chi connectivity index (χ0n) is 7.57. The molecule has 0 rings (SSSR count). The molecule has 0 saturated carbocycles. The van der Waals surface area contributed by atoms with Crippen LogP contribution in [-0.4, -0.2) is 12.6 Å². The first-order chi connectivity index (χ1) is 6.11. The molecule has 0 fully saturated rings. The predicted molar refractivity (Wildman–Crippen MR) is 45.1 cm³/mol. The highest BCUT2D eigenvalue weighted by atomic mass is 16.5. The van der Waals surface area contributed by atoms with Crippen molar-refractivity contribution in [1.29, 1.82) is 10.5 Å². The molecule has 0 N–H and O–H groups in total. The molecule has 0 aliphatic carbocycles. The monoisotopic (exact) mass is 178 g/mol. The topological polar surface area (TPSA) is 73.9 Å². The lowest BCUT2D eigenvalue weighted by Crippen LogP contribution is -2.11. The van der Waals surface area contributed by atoms with E-state index in [0.717, 1.165) is 6.08 Å². The van der Waals surface area contributed by atoms with Crippen LogP contribution < -0.4 is 0 Å². The van der Waals surface area contributed by atoms with Crippen molar-refractivity contribution in [2.75, 3.05) is 6.61 Å². The second-order valence-electron chi connectivity index (χ2n) is 2.79. The van der Waals surface area contributed by atoms with Gasteiger partial charge >= 0.3 is 5.97 Å². The molecular weight excluding hydrogens is 168 g/mol. The molecule has 0 aromatic rings. The summed E-state index contributed by atoms with van der Waals surface area (Å²) in [6.07, 6.45) is 0.878. The fraction of sp³-hybridized carbons (Fsp3) is 0.444. The van der Waals surface area contributed by atoms with E-state index in [4.69, 9.17) is 15.3 Å². The average Bonchev–Trinajstić information content (AvgIpc) is 2.10. The van der Waals surface area contributed by atoms with Gasteiger partial charge in [-0.25, -0.2) is 4.79 Å². The minimum Gasteiger partial charge on any atom is -0.461 e. The van der Waals surface area contributed by atoms with Gasteiger partial charge in [-0.15, -0.1) is 0 Å². The van der Waals surface area contributed by atoms with Gasteiger partial charge in [0.2, 0.25) is 0 Å². The number of carbonyl (C=O) groups is 1. The number of rotatable bonds is 3. The Labute approximate surface area is 77.0 Å². The third kappa shape index (κ3) is 4.60. The largest absolute Gasteiger partial charge is 0.461 e. The second kappa shape index (κ2) is 5.79. The van der Waals surface area contributed by atoms with E-state index in [0.29, 0.717) is 0 Å². The number of esters is 1. The highest BCUT2D eigenvalue weighted by molar-refractivity contribution is 5.93. The van der Waals surface area contributed by atoms with Crippen LogP contribution in [-0.2, 0) is 9.53 Å². The van der Waals surface area contributed by atoms with Gasteiger partial charge in [0.05, 0.1) is 12.7 Å². The molecule has 0 radical (unpaired) electrons. The van der Waals surface area contributed by atoms with Crippen LogP contribution in [0.25, 0.3) is 0 Å². The molecule has 0 bridgehead atoms. The van der Waals surface area contributed by atoms with Crippen LogP contribution in [0.1, 0.15) is 13.8 Å². The Balaban J connectivity index is 4.20. The van der Waals surface area contributed by atoms with Crippen molar-refractivity contribution in [2.45, 2.75) is 13.8 Å². The van der Waals surface area contributed by atoms with Gasteiger partial charge in [-0.2, -0.15) is 10.5 Å². The van der Waals surface area contributed by atoms with Gasteiger partial charge in [0.15, 0.2) is 0 Å². The lowest BCUT2D eigenvalue weighted by Gasteiger charge is -2.04. The average molecular weight is 178 g/mol. The van der Waals surface area contributed by atoms with Gasteiger partial charge in [0.1, 0.15) is 11.6 Å². The highest BCUT2D eigenvalue weighted by Crippen LogP contribution is 1.99. The van der Waals surface area contributed by atoms with Crippen LogP contribution in [0.5, 0.6) is 0 Å². The molecule has 0 spiro atoms. The zero-order chi connectivity index (χ0) is 10.3. The Morgan fingerprint density at radius 1 is 1.54 bits per heavy atom. The summed E-state index contributed by atoms with van der Waals surface area (Å²) >= 11 is 0. The summed E-state index contributed by atoms with van der Waals surface area (Å²) in [5.74, 6) is -0.524. The Morgan fingerprint density at radius 2 is 2.15 bits per heavy atom. The molecule has 0 unspecified atom stereocenters. The summed E-state index contributed by atoms with van der Waals surface area (Å²) in [4.78, 5) is 11.0. The van der Waals surface area contributed by atoms with Crippen LogP contribution in [0.2, 0.25) is 0 Å². The number of hydrogen-bond donors (Lipinski definition) is 0. The van der Waals surface area contributed by atoms with E-state index < -0.39 is 5.97 Å². The van der Waals surface area contributed by atoms with Crippen LogP contribution in [0.15, 0.2) is 11.6 Å². The van der Waals surface area contributed by atoms with E-state index in [9.17, 15) is 4.79 Å². The van der Waals surface area contributed by atoms with Gasteiger partial charge in [-0.1, -0.05) is 13.8 Å². The van der Waals surface area contributed by atoms with Gasteiger partial charge in [-0.05, 0) is 5.92 Å². The molecular formula is C9H10N2O2. The number of carbonyl (C=O) groups excluding carboxylic acids is 1. The molecule has 0 saturated heterocycles. The quantitative estimate of drug-likeness (QED) is 0.369. The van der Waals surface area contributed by atoms with Crippen molar-refractivity contribution in [3.8, 4) is 12.1 Å². The first-order valence-corrected chi connectivity index (χ1v) is 3.78. The van der Waals surface area contributed by atoms with Crippen LogP contribution >= 0.6 is 0 Å². The van der Waals surface area contributed by atoms with Gasteiger partial charge in [0.25, 0.3) is 0 Å². The highest BCUT2D eigenvalue weighted by Gasteiger charge is 2.10. The van der Waals surface area contributed by atoms with Crippen molar-refractivity contribution in [3.63, 3.8) is 0 Å². The molecule has 0 aliphatic rings. The third-order valence-electron chi connectivity index (χ3n) is 1.10. The Hall–Kier alpha value is -1.81. The number of hydrogen-bond acceptors (Lipinski definition) is 4. The normalized spacial score (nSPS) is 10.4. The fourth-order valence-corrected chi connectivity index (χ4v) is 0.521. The summed E-state index contributed by atoms with van der Waals surface area (Å²) in [6, 6.07) is 3.19. The van der Waals surface area contributed by atoms with Crippen LogP contribution in [0, 0.1) is 28.6 Å². The lowest BCUT2D eigenvalue weighted by molar-refractivity contribution is -0.139. The summed E-state index contributed by atoms with van der Waals surface area (Å²) in [6.45, 7) is 4.02. The van der Waals surface area contributed by atoms with E-state index in [1.807, 2.05) is 13.8 Å². The number of ether oxygens (including phenoxy) is 1. The third-order valence-corrected chi connectivity index (χ3v) is 1.10. The van der Waals surface area contributed by atoms with Gasteiger partial charge in [-0.3, -0.25) is 0 Å². The SMILES string of the molecule is CC(C)COC(=O)C(C#N)=CC#N. The van der Waals surface area contributed by atoms with E-state index in [-0.39, 0.29) is 18.1 Å². The standard InChI is InChI=1S/C9H10N2O2/c1-7(2)6-13-9(12)8(5-11)3-4-10/h3,7H,6H2,1-2H3. The van der Waals surface area contributed by atoms with E-state index in [1.165, 1.54) is 0 Å². The maximum atomic E-state index is 11.0. The summed E-state index contributed by atoms with van der Waals surface area (Å²) in [5.41, 5.74) is -0.261. The minimum atomic E-state index is -0.738. The van der Waals surface area contributed by atoms with Crippen molar-refractivity contribution >= 4 is 5.97 Å².